The van der Waals surface area contributed by atoms with Crippen LogP contribution in [0.2, 0.25) is 0 Å². The molecule has 0 aromatic carbocycles. The molecule has 1 aliphatic rings. The summed E-state index contributed by atoms with van der Waals surface area (Å²) >= 11 is 0. The Morgan fingerprint density at radius 3 is 2.90 bits per heavy atom. The SMILES string of the molecule is CCC1(C)CCCCNC1. The smallest absolute Gasteiger partial charge is 0.000506 e. The first kappa shape index (κ1) is 8.06. The van der Waals surface area contributed by atoms with Gasteiger partial charge >= 0.3 is 0 Å². The molecule has 1 saturated heterocycles. The van der Waals surface area contributed by atoms with Crippen LogP contribution in [-0.2, 0) is 0 Å². The second-order valence-electron chi connectivity index (χ2n) is 3.80. The van der Waals surface area contributed by atoms with Gasteiger partial charge in [-0.3, -0.25) is 0 Å². The van der Waals surface area contributed by atoms with Crippen molar-refractivity contribution in [2.75, 3.05) is 13.1 Å². The van der Waals surface area contributed by atoms with Crippen molar-refractivity contribution in [2.24, 2.45) is 5.41 Å². The van der Waals surface area contributed by atoms with Gasteiger partial charge in [-0.15, -0.1) is 0 Å². The zero-order valence-electron chi connectivity index (χ0n) is 7.24. The Kier molecular flexibility index (Phi) is 2.72. The van der Waals surface area contributed by atoms with E-state index in [1.165, 1.54) is 38.8 Å². The molecule has 1 fully saturated rings. The van der Waals surface area contributed by atoms with Crippen LogP contribution in [0.15, 0.2) is 0 Å². The maximum Gasteiger partial charge on any atom is 0.000506 e. The average molecular weight is 141 g/mol. The largest absolute Gasteiger partial charge is 0.316 e. The molecular formula is C9H19N. The van der Waals surface area contributed by atoms with Crippen molar-refractivity contribution in [3.63, 3.8) is 0 Å². The Balaban J connectivity index is 2.41. The second kappa shape index (κ2) is 3.38. The van der Waals surface area contributed by atoms with Crippen LogP contribution in [0.1, 0.15) is 39.5 Å². The van der Waals surface area contributed by atoms with Gasteiger partial charge in [0, 0.05) is 6.54 Å². The maximum absolute atomic E-state index is 3.49. The van der Waals surface area contributed by atoms with Crippen molar-refractivity contribution in [3.05, 3.63) is 0 Å². The van der Waals surface area contributed by atoms with Gasteiger partial charge in [0.15, 0.2) is 0 Å². The first-order valence-electron chi connectivity index (χ1n) is 4.47. The average Bonchev–Trinajstić information content (AvgIpc) is 2.15. The van der Waals surface area contributed by atoms with Gasteiger partial charge in [-0.05, 0) is 31.2 Å². The molecule has 1 rings (SSSR count). The van der Waals surface area contributed by atoms with E-state index in [4.69, 9.17) is 0 Å². The highest BCUT2D eigenvalue weighted by molar-refractivity contribution is 4.77. The van der Waals surface area contributed by atoms with E-state index < -0.39 is 0 Å². The van der Waals surface area contributed by atoms with Crippen LogP contribution >= 0.6 is 0 Å². The Hall–Kier alpha value is -0.0400. The zero-order chi connectivity index (χ0) is 7.45. The van der Waals surface area contributed by atoms with Gasteiger partial charge in [0.05, 0.1) is 0 Å². The Morgan fingerprint density at radius 2 is 2.20 bits per heavy atom. The molecule has 1 heteroatoms. The van der Waals surface area contributed by atoms with E-state index in [9.17, 15) is 0 Å². The van der Waals surface area contributed by atoms with Crippen molar-refractivity contribution in [2.45, 2.75) is 39.5 Å². The van der Waals surface area contributed by atoms with Gasteiger partial charge in [0.2, 0.25) is 0 Å². The minimum absolute atomic E-state index is 0.594. The van der Waals surface area contributed by atoms with Crippen LogP contribution in [0.25, 0.3) is 0 Å². The van der Waals surface area contributed by atoms with Crippen molar-refractivity contribution in [1.29, 1.82) is 0 Å². The summed E-state index contributed by atoms with van der Waals surface area (Å²) in [7, 11) is 0. The molecule has 0 aliphatic carbocycles. The van der Waals surface area contributed by atoms with Crippen LogP contribution in [0.3, 0.4) is 0 Å². The van der Waals surface area contributed by atoms with Gasteiger partial charge in [-0.25, -0.2) is 0 Å². The summed E-state index contributed by atoms with van der Waals surface area (Å²) in [6.45, 7) is 7.15. The number of hydrogen-bond acceptors (Lipinski definition) is 1. The molecule has 10 heavy (non-hydrogen) atoms. The fourth-order valence-electron chi connectivity index (χ4n) is 1.58. The number of rotatable bonds is 1. The Labute approximate surface area is 64.2 Å². The third-order valence-electron chi connectivity index (χ3n) is 2.79. The maximum atomic E-state index is 3.49. The molecule has 1 atom stereocenters. The van der Waals surface area contributed by atoms with Crippen LogP contribution < -0.4 is 5.32 Å². The van der Waals surface area contributed by atoms with Crippen LogP contribution in [0.4, 0.5) is 0 Å². The van der Waals surface area contributed by atoms with E-state index in [-0.39, 0.29) is 0 Å². The molecule has 0 radical (unpaired) electrons. The van der Waals surface area contributed by atoms with Crippen molar-refractivity contribution < 1.29 is 0 Å². The number of nitrogens with one attached hydrogen (secondary N) is 1. The van der Waals surface area contributed by atoms with Gasteiger partial charge in [0.25, 0.3) is 0 Å². The third kappa shape index (κ3) is 1.98. The Morgan fingerprint density at radius 1 is 1.40 bits per heavy atom. The molecule has 1 nitrogen and oxygen atoms in total. The van der Waals surface area contributed by atoms with Crippen molar-refractivity contribution in [3.8, 4) is 0 Å². The number of hydrogen-bond donors (Lipinski definition) is 1. The molecule has 1 heterocycles. The quantitative estimate of drug-likeness (QED) is 0.590. The van der Waals surface area contributed by atoms with E-state index in [0.29, 0.717) is 5.41 Å². The predicted molar refractivity (Wildman–Crippen MR) is 45.1 cm³/mol. The lowest BCUT2D eigenvalue weighted by atomic mass is 9.83. The van der Waals surface area contributed by atoms with Gasteiger partial charge in [-0.1, -0.05) is 20.3 Å². The van der Waals surface area contributed by atoms with Gasteiger partial charge in [-0.2, -0.15) is 0 Å². The molecule has 60 valence electrons. The van der Waals surface area contributed by atoms with Gasteiger partial charge < -0.3 is 5.32 Å². The second-order valence-corrected chi connectivity index (χ2v) is 3.80. The first-order chi connectivity index (χ1) is 4.77. The summed E-state index contributed by atoms with van der Waals surface area (Å²) in [4.78, 5) is 0. The molecule has 0 bridgehead atoms. The third-order valence-corrected chi connectivity index (χ3v) is 2.79. The highest BCUT2D eigenvalue weighted by atomic mass is 14.9. The highest BCUT2D eigenvalue weighted by Crippen LogP contribution is 2.28. The minimum Gasteiger partial charge on any atom is -0.316 e. The Bertz CT molecular complexity index is 90.9. The molecule has 1 unspecified atom stereocenters. The monoisotopic (exact) mass is 141 g/mol. The normalized spacial score (nSPS) is 35.4. The van der Waals surface area contributed by atoms with Crippen LogP contribution in [0, 0.1) is 5.41 Å². The minimum atomic E-state index is 0.594. The lowest BCUT2D eigenvalue weighted by molar-refractivity contribution is 0.286. The summed E-state index contributed by atoms with van der Waals surface area (Å²) in [5, 5.41) is 3.49. The standard InChI is InChI=1S/C9H19N/c1-3-9(2)6-4-5-7-10-8-9/h10H,3-8H2,1-2H3. The van der Waals surface area contributed by atoms with Crippen LogP contribution in [-0.4, -0.2) is 13.1 Å². The van der Waals surface area contributed by atoms with E-state index in [1.807, 2.05) is 0 Å². The summed E-state index contributed by atoms with van der Waals surface area (Å²) in [5.41, 5.74) is 0.594. The van der Waals surface area contributed by atoms with E-state index >= 15 is 0 Å². The molecule has 1 aliphatic heterocycles. The van der Waals surface area contributed by atoms with Crippen LogP contribution in [0.5, 0.6) is 0 Å². The molecule has 1 N–H and O–H groups in total. The summed E-state index contributed by atoms with van der Waals surface area (Å²) in [5.74, 6) is 0. The van der Waals surface area contributed by atoms with E-state index in [0.717, 1.165) is 0 Å². The summed E-state index contributed by atoms with van der Waals surface area (Å²) < 4.78 is 0. The fraction of sp³-hybridized carbons (Fsp3) is 1.00. The van der Waals surface area contributed by atoms with E-state index in [2.05, 4.69) is 19.2 Å². The molecule has 0 amide bonds. The fourth-order valence-corrected chi connectivity index (χ4v) is 1.58. The first-order valence-corrected chi connectivity index (χ1v) is 4.47. The predicted octanol–water partition coefficient (Wildman–Crippen LogP) is 2.18. The van der Waals surface area contributed by atoms with Crippen molar-refractivity contribution >= 4 is 0 Å². The topological polar surface area (TPSA) is 12.0 Å². The van der Waals surface area contributed by atoms with Crippen molar-refractivity contribution in [1.82, 2.24) is 5.32 Å². The molecule has 0 spiro atoms. The lowest BCUT2D eigenvalue weighted by Crippen LogP contribution is -2.28. The molecular weight excluding hydrogens is 122 g/mol. The van der Waals surface area contributed by atoms with Gasteiger partial charge in [0.1, 0.15) is 0 Å². The molecule has 0 aromatic heterocycles. The molecule has 0 saturated carbocycles. The zero-order valence-corrected chi connectivity index (χ0v) is 7.24. The lowest BCUT2D eigenvalue weighted by Gasteiger charge is -2.25. The highest BCUT2D eigenvalue weighted by Gasteiger charge is 2.22. The summed E-state index contributed by atoms with van der Waals surface area (Å²) in [6.07, 6.45) is 5.52. The molecule has 0 aromatic rings. The van der Waals surface area contributed by atoms with E-state index in [1.54, 1.807) is 0 Å². The summed E-state index contributed by atoms with van der Waals surface area (Å²) in [6, 6.07) is 0.